The Morgan fingerprint density at radius 3 is 2.78 bits per heavy atom. The molecule has 2 aromatic rings. The molecule has 0 aliphatic carbocycles. The van der Waals surface area contributed by atoms with Crippen molar-refractivity contribution in [1.82, 2.24) is 9.97 Å². The number of nitrogens with zero attached hydrogens (tertiary/aromatic N) is 4. The van der Waals surface area contributed by atoms with Crippen LogP contribution in [0.1, 0.15) is 42.3 Å². The van der Waals surface area contributed by atoms with Gasteiger partial charge in [0.1, 0.15) is 19.5 Å². The molecule has 4 heterocycles. The van der Waals surface area contributed by atoms with E-state index in [1.165, 1.54) is 11.0 Å². The van der Waals surface area contributed by atoms with E-state index in [1.54, 1.807) is 0 Å². The molecule has 1 atom stereocenters. The molecule has 114 valence electrons. The standard InChI is InChI=1S/C18H19BN4/c1-9-5-6-20-16-10(2)7-15-21-11(3)13-8-14(19)12(4)22-18(13)23(15)17(9)16/h5-8,10H,19H2,1-4H3. The smallest absolute Gasteiger partial charge is 0.148 e. The molecule has 0 saturated carbocycles. The molecule has 0 amide bonds. The van der Waals surface area contributed by atoms with Crippen molar-refractivity contribution in [3.05, 3.63) is 52.7 Å². The van der Waals surface area contributed by atoms with Crippen molar-refractivity contribution in [3.8, 4) is 0 Å². The summed E-state index contributed by atoms with van der Waals surface area (Å²) in [5, 5.41) is 0. The largest absolute Gasteiger partial charge is 0.277 e. The zero-order valence-corrected chi connectivity index (χ0v) is 14.2. The van der Waals surface area contributed by atoms with Crippen LogP contribution in [0.2, 0.25) is 0 Å². The summed E-state index contributed by atoms with van der Waals surface area (Å²) < 4.78 is 0. The Kier molecular flexibility index (Phi) is 2.95. The summed E-state index contributed by atoms with van der Waals surface area (Å²) in [4.78, 5) is 16.5. The summed E-state index contributed by atoms with van der Waals surface area (Å²) in [6.45, 7) is 8.42. The lowest BCUT2D eigenvalue weighted by molar-refractivity contribution is 0.835. The molecule has 2 aliphatic rings. The monoisotopic (exact) mass is 302 g/mol. The highest BCUT2D eigenvalue weighted by molar-refractivity contribution is 6.33. The quantitative estimate of drug-likeness (QED) is 0.701. The topological polar surface area (TPSA) is 41.4 Å². The number of fused-ring (bicyclic) bond motifs is 5. The molecule has 0 N–H and O–H groups in total. The molecule has 0 aromatic carbocycles. The van der Waals surface area contributed by atoms with Gasteiger partial charge in [0.15, 0.2) is 0 Å². The minimum Gasteiger partial charge on any atom is -0.277 e. The molecule has 5 heteroatoms. The Balaban J connectivity index is 2.06. The molecular formula is C18H19BN4. The van der Waals surface area contributed by atoms with Gasteiger partial charge in [-0.25, -0.2) is 9.98 Å². The van der Waals surface area contributed by atoms with Crippen molar-refractivity contribution in [2.24, 2.45) is 4.99 Å². The molecule has 0 fully saturated rings. The minimum absolute atomic E-state index is 0.251. The van der Waals surface area contributed by atoms with Crippen molar-refractivity contribution in [2.45, 2.75) is 33.6 Å². The molecular weight excluding hydrogens is 283 g/mol. The van der Waals surface area contributed by atoms with Crippen LogP contribution in [0.4, 0.5) is 11.5 Å². The fourth-order valence-electron chi connectivity index (χ4n) is 3.35. The second kappa shape index (κ2) is 4.78. The number of allylic oxidation sites excluding steroid dienone is 1. The van der Waals surface area contributed by atoms with Crippen LogP contribution in [0.25, 0.3) is 0 Å². The number of pyridine rings is 2. The van der Waals surface area contributed by atoms with E-state index in [9.17, 15) is 0 Å². The Morgan fingerprint density at radius 2 is 2.00 bits per heavy atom. The highest BCUT2D eigenvalue weighted by Crippen LogP contribution is 2.44. The highest BCUT2D eigenvalue weighted by atomic mass is 15.3. The molecule has 2 aromatic heterocycles. The van der Waals surface area contributed by atoms with Gasteiger partial charge in [-0.1, -0.05) is 18.5 Å². The van der Waals surface area contributed by atoms with Crippen molar-refractivity contribution < 1.29 is 0 Å². The third kappa shape index (κ3) is 1.96. The predicted molar refractivity (Wildman–Crippen MR) is 97.0 cm³/mol. The van der Waals surface area contributed by atoms with E-state index in [-0.39, 0.29) is 5.92 Å². The van der Waals surface area contributed by atoms with Crippen LogP contribution < -0.4 is 10.4 Å². The lowest BCUT2D eigenvalue weighted by Crippen LogP contribution is -2.31. The Bertz CT molecular complexity index is 898. The van der Waals surface area contributed by atoms with Gasteiger partial charge in [-0.15, -0.1) is 0 Å². The van der Waals surface area contributed by atoms with Crippen molar-refractivity contribution in [3.63, 3.8) is 0 Å². The fraction of sp³-hybridized carbons (Fsp3) is 0.278. The molecule has 0 radical (unpaired) electrons. The summed E-state index contributed by atoms with van der Waals surface area (Å²) in [7, 11) is 2.10. The van der Waals surface area contributed by atoms with E-state index < -0.39 is 0 Å². The first-order valence-electron chi connectivity index (χ1n) is 7.98. The first-order chi connectivity index (χ1) is 11.0. The molecule has 0 saturated heterocycles. The van der Waals surface area contributed by atoms with Crippen molar-refractivity contribution >= 4 is 30.5 Å². The third-order valence-electron chi connectivity index (χ3n) is 4.77. The second-order valence-electron chi connectivity index (χ2n) is 6.47. The van der Waals surface area contributed by atoms with Crippen LogP contribution in [-0.4, -0.2) is 23.5 Å². The van der Waals surface area contributed by atoms with E-state index in [0.717, 1.165) is 40.0 Å². The maximum Gasteiger partial charge on any atom is 0.148 e. The van der Waals surface area contributed by atoms with Crippen LogP contribution in [0.3, 0.4) is 0 Å². The van der Waals surface area contributed by atoms with Crippen molar-refractivity contribution in [2.75, 3.05) is 4.90 Å². The van der Waals surface area contributed by atoms with Gasteiger partial charge in [-0.3, -0.25) is 9.88 Å². The number of aliphatic imine (C=N–C) groups is 1. The number of aryl methyl sites for hydroxylation is 2. The average Bonchev–Trinajstić information content (AvgIpc) is 2.50. The zero-order valence-electron chi connectivity index (χ0n) is 14.2. The van der Waals surface area contributed by atoms with Gasteiger partial charge in [0, 0.05) is 23.4 Å². The van der Waals surface area contributed by atoms with Gasteiger partial charge >= 0.3 is 0 Å². The van der Waals surface area contributed by atoms with E-state index in [1.807, 2.05) is 6.20 Å². The second-order valence-corrected chi connectivity index (χ2v) is 6.47. The van der Waals surface area contributed by atoms with Crippen LogP contribution in [-0.2, 0) is 0 Å². The first-order valence-corrected chi connectivity index (χ1v) is 7.98. The lowest BCUT2D eigenvalue weighted by atomic mass is 9.90. The van der Waals surface area contributed by atoms with Gasteiger partial charge in [0.05, 0.1) is 17.1 Å². The van der Waals surface area contributed by atoms with E-state index in [0.29, 0.717) is 0 Å². The molecule has 0 bridgehead atoms. The van der Waals surface area contributed by atoms with E-state index in [4.69, 9.17) is 9.98 Å². The molecule has 1 unspecified atom stereocenters. The Hall–Kier alpha value is -2.43. The SMILES string of the molecule is Bc1cc2c(nc1C)N1C(=CC(C)c3nccc(C)c31)N=C2C. The summed E-state index contributed by atoms with van der Waals surface area (Å²) in [6, 6.07) is 4.25. The van der Waals surface area contributed by atoms with E-state index >= 15 is 0 Å². The number of rotatable bonds is 0. The predicted octanol–water partition coefficient (Wildman–Crippen LogP) is 2.27. The number of aromatic nitrogens is 2. The summed E-state index contributed by atoms with van der Waals surface area (Å²) in [5.74, 6) is 2.18. The first kappa shape index (κ1) is 14.2. The summed E-state index contributed by atoms with van der Waals surface area (Å²) in [5.41, 5.74) is 7.80. The van der Waals surface area contributed by atoms with Gasteiger partial charge in [-0.2, -0.15) is 0 Å². The summed E-state index contributed by atoms with van der Waals surface area (Å²) in [6.07, 6.45) is 4.06. The zero-order chi connectivity index (χ0) is 16.3. The van der Waals surface area contributed by atoms with Crippen LogP contribution in [0, 0.1) is 13.8 Å². The molecule has 4 rings (SSSR count). The molecule has 23 heavy (non-hydrogen) atoms. The van der Waals surface area contributed by atoms with Gasteiger partial charge in [-0.05, 0) is 38.5 Å². The maximum atomic E-state index is 4.89. The van der Waals surface area contributed by atoms with Gasteiger partial charge in [0.25, 0.3) is 0 Å². The van der Waals surface area contributed by atoms with Crippen LogP contribution in [0.15, 0.2) is 35.2 Å². The number of hydrogen-bond acceptors (Lipinski definition) is 4. The average molecular weight is 302 g/mol. The highest BCUT2D eigenvalue weighted by Gasteiger charge is 2.33. The number of anilines is 2. The van der Waals surface area contributed by atoms with Crippen molar-refractivity contribution in [1.29, 1.82) is 0 Å². The molecule has 2 aliphatic heterocycles. The van der Waals surface area contributed by atoms with E-state index in [2.05, 4.69) is 63.6 Å². The summed E-state index contributed by atoms with van der Waals surface area (Å²) >= 11 is 0. The van der Waals surface area contributed by atoms with Gasteiger partial charge < -0.3 is 0 Å². The fourth-order valence-corrected chi connectivity index (χ4v) is 3.35. The lowest BCUT2D eigenvalue weighted by Gasteiger charge is -2.36. The Labute approximate surface area is 137 Å². The Morgan fingerprint density at radius 1 is 1.22 bits per heavy atom. The van der Waals surface area contributed by atoms with Gasteiger partial charge in [0.2, 0.25) is 0 Å². The minimum atomic E-state index is 0.251. The molecule has 4 nitrogen and oxygen atoms in total. The molecule has 0 spiro atoms. The third-order valence-corrected chi connectivity index (χ3v) is 4.77. The van der Waals surface area contributed by atoms with Crippen LogP contribution >= 0.6 is 0 Å². The van der Waals surface area contributed by atoms with Crippen LogP contribution in [0.5, 0.6) is 0 Å². The normalized spacial score (nSPS) is 18.6. The maximum absolute atomic E-state index is 4.89. The number of hydrogen-bond donors (Lipinski definition) is 0.